The average molecular weight is 339 g/mol. The van der Waals surface area contributed by atoms with Crippen molar-refractivity contribution in [2.75, 3.05) is 13.2 Å². The van der Waals surface area contributed by atoms with E-state index in [1.54, 1.807) is 6.07 Å². The van der Waals surface area contributed by atoms with Crippen molar-refractivity contribution in [3.8, 4) is 0 Å². The second-order valence-electron chi connectivity index (χ2n) is 6.15. The zero-order valence-corrected chi connectivity index (χ0v) is 14.0. The highest BCUT2D eigenvalue weighted by molar-refractivity contribution is 7.60. The summed E-state index contributed by atoms with van der Waals surface area (Å²) in [5.74, 6) is -0.459. The number of nitro groups is 1. The number of nitro benzene ring substituents is 1. The largest absolute Gasteiger partial charge is 0.364 e. The molecule has 1 saturated heterocycles. The van der Waals surface area contributed by atoms with Crippen LogP contribution < -0.4 is 0 Å². The molecule has 0 atom stereocenters. The van der Waals surface area contributed by atoms with Crippen LogP contribution in [0.3, 0.4) is 0 Å². The van der Waals surface area contributed by atoms with Crippen molar-refractivity contribution < 1.29 is 23.3 Å². The highest BCUT2D eigenvalue weighted by Crippen LogP contribution is 2.60. The van der Waals surface area contributed by atoms with E-state index in [1.165, 1.54) is 31.2 Å². The number of carbonyl (C=O) groups excluding carboxylic acids is 1. The standard InChI is InChI=1S/C15H18NO6P/c1-11(17)14(23(20)21-9-15(2,3)10-22-23)8-12-5-4-6-13(7-12)16(18)19/h4-8H,9-10H2,1-3H3. The van der Waals surface area contributed by atoms with Crippen LogP contribution in [-0.4, -0.2) is 23.9 Å². The van der Waals surface area contributed by atoms with E-state index in [4.69, 9.17) is 9.05 Å². The molecule has 124 valence electrons. The first-order valence-corrected chi connectivity index (χ1v) is 8.54. The lowest BCUT2D eigenvalue weighted by atomic mass is 9.97. The molecule has 1 fully saturated rings. The zero-order valence-electron chi connectivity index (χ0n) is 13.1. The molecule has 1 aromatic rings. The molecule has 1 aliphatic rings. The van der Waals surface area contributed by atoms with Crippen LogP contribution in [0.4, 0.5) is 5.69 Å². The molecule has 0 unspecified atom stereocenters. The third-order valence-corrected chi connectivity index (χ3v) is 5.26. The molecule has 23 heavy (non-hydrogen) atoms. The van der Waals surface area contributed by atoms with Crippen LogP contribution in [0, 0.1) is 15.5 Å². The van der Waals surface area contributed by atoms with Crippen molar-refractivity contribution in [3.63, 3.8) is 0 Å². The number of carbonyl (C=O) groups is 1. The second-order valence-corrected chi connectivity index (χ2v) is 8.14. The molecule has 1 heterocycles. The normalized spacial score (nSPS) is 20.0. The summed E-state index contributed by atoms with van der Waals surface area (Å²) in [5, 5.41) is 10.7. The molecule has 0 radical (unpaired) electrons. The number of rotatable bonds is 4. The average Bonchev–Trinajstić information content (AvgIpc) is 2.48. The molecule has 0 spiro atoms. The van der Waals surface area contributed by atoms with Gasteiger partial charge < -0.3 is 9.05 Å². The fourth-order valence-corrected chi connectivity index (χ4v) is 4.08. The van der Waals surface area contributed by atoms with Crippen molar-refractivity contribution >= 4 is 25.1 Å². The van der Waals surface area contributed by atoms with Crippen molar-refractivity contribution in [1.82, 2.24) is 0 Å². The molecule has 0 saturated carbocycles. The highest BCUT2D eigenvalue weighted by Gasteiger charge is 2.41. The minimum absolute atomic E-state index is 0.103. The summed E-state index contributed by atoms with van der Waals surface area (Å²) in [6.45, 7) is 5.45. The second kappa shape index (κ2) is 6.35. The lowest BCUT2D eigenvalue weighted by molar-refractivity contribution is -0.384. The number of nitrogens with zero attached hydrogens (tertiary/aromatic N) is 1. The van der Waals surface area contributed by atoms with Crippen LogP contribution >= 0.6 is 7.60 Å². The number of non-ortho nitro benzene ring substituents is 1. The Balaban J connectivity index is 2.39. The van der Waals surface area contributed by atoms with E-state index in [0.717, 1.165) is 0 Å². The predicted octanol–water partition coefficient (Wildman–Crippen LogP) is 3.79. The maximum Gasteiger partial charge on any atom is 0.364 e. The van der Waals surface area contributed by atoms with Crippen molar-refractivity contribution in [2.45, 2.75) is 20.8 Å². The number of hydrogen-bond donors (Lipinski definition) is 0. The number of hydrogen-bond acceptors (Lipinski definition) is 6. The Morgan fingerprint density at radius 1 is 1.35 bits per heavy atom. The lowest BCUT2D eigenvalue weighted by Gasteiger charge is -2.34. The van der Waals surface area contributed by atoms with Crippen LogP contribution in [0.2, 0.25) is 0 Å². The zero-order chi connectivity index (χ0) is 17.3. The lowest BCUT2D eigenvalue weighted by Crippen LogP contribution is -2.30. The van der Waals surface area contributed by atoms with Gasteiger partial charge in [0.2, 0.25) is 0 Å². The van der Waals surface area contributed by atoms with Crippen LogP contribution in [-0.2, 0) is 18.4 Å². The molecule has 0 aromatic heterocycles. The third-order valence-electron chi connectivity index (χ3n) is 3.29. The first-order chi connectivity index (χ1) is 10.6. The number of ketones is 1. The van der Waals surface area contributed by atoms with Gasteiger partial charge in [-0.3, -0.25) is 19.5 Å². The summed E-state index contributed by atoms with van der Waals surface area (Å²) in [4.78, 5) is 22.2. The van der Waals surface area contributed by atoms with Crippen molar-refractivity contribution in [1.29, 1.82) is 0 Å². The SMILES string of the molecule is CC(=O)C(=Cc1cccc([N+](=O)[O-])c1)P1(=O)OCC(C)(C)CO1. The van der Waals surface area contributed by atoms with Crippen LogP contribution in [0.1, 0.15) is 26.3 Å². The smallest absolute Gasteiger partial charge is 0.304 e. The molecular formula is C15H18NO6P. The van der Waals surface area contributed by atoms with E-state index >= 15 is 0 Å². The fraction of sp³-hybridized carbons (Fsp3) is 0.400. The molecule has 2 rings (SSSR count). The van der Waals surface area contributed by atoms with Gasteiger partial charge in [0.05, 0.1) is 18.1 Å². The number of allylic oxidation sites excluding steroid dienone is 1. The minimum atomic E-state index is -3.72. The van der Waals surface area contributed by atoms with Crippen LogP contribution in [0.15, 0.2) is 29.6 Å². The summed E-state index contributed by atoms with van der Waals surface area (Å²) in [5.41, 5.74) is -0.0235. The van der Waals surface area contributed by atoms with Gasteiger partial charge in [-0.25, -0.2) is 0 Å². The van der Waals surface area contributed by atoms with Gasteiger partial charge in [0.15, 0.2) is 5.78 Å². The summed E-state index contributed by atoms with van der Waals surface area (Å²) >= 11 is 0. The molecule has 7 nitrogen and oxygen atoms in total. The molecule has 0 amide bonds. The fourth-order valence-electron chi connectivity index (χ4n) is 2.00. The number of Topliss-reactive ketones (excluding diaryl/α,β-unsaturated/α-hetero) is 1. The first-order valence-electron chi connectivity index (χ1n) is 7.00. The van der Waals surface area contributed by atoms with Gasteiger partial charge in [0.25, 0.3) is 5.69 Å². The van der Waals surface area contributed by atoms with E-state index < -0.39 is 18.3 Å². The Kier molecular flexibility index (Phi) is 4.84. The molecule has 1 aliphatic heterocycles. The highest BCUT2D eigenvalue weighted by atomic mass is 31.2. The first kappa shape index (κ1) is 17.5. The Hall–Kier alpha value is -1.82. The quantitative estimate of drug-likeness (QED) is 0.358. The Bertz CT molecular complexity index is 710. The third kappa shape index (κ3) is 4.13. The summed E-state index contributed by atoms with van der Waals surface area (Å²) in [6.07, 6.45) is 1.33. The molecule has 1 aromatic carbocycles. The summed E-state index contributed by atoms with van der Waals surface area (Å²) in [6, 6.07) is 5.70. The topological polar surface area (TPSA) is 95.7 Å². The number of benzene rings is 1. The van der Waals surface area contributed by atoms with Gasteiger partial charge in [0, 0.05) is 17.5 Å². The van der Waals surface area contributed by atoms with Gasteiger partial charge in [-0.05, 0) is 18.6 Å². The Morgan fingerprint density at radius 3 is 2.48 bits per heavy atom. The summed E-state index contributed by atoms with van der Waals surface area (Å²) in [7, 11) is -3.72. The van der Waals surface area contributed by atoms with E-state index in [1.807, 2.05) is 13.8 Å². The molecule has 0 N–H and O–H groups in total. The van der Waals surface area contributed by atoms with Gasteiger partial charge in [0.1, 0.15) is 5.31 Å². The Morgan fingerprint density at radius 2 is 1.96 bits per heavy atom. The van der Waals surface area contributed by atoms with Crippen molar-refractivity contribution in [3.05, 3.63) is 45.3 Å². The maximum atomic E-state index is 12.8. The van der Waals surface area contributed by atoms with Gasteiger partial charge >= 0.3 is 7.60 Å². The molecular weight excluding hydrogens is 321 g/mol. The van der Waals surface area contributed by atoms with Gasteiger partial charge in [-0.2, -0.15) is 0 Å². The molecule has 8 heteroatoms. The van der Waals surface area contributed by atoms with E-state index in [0.29, 0.717) is 5.56 Å². The van der Waals surface area contributed by atoms with Crippen LogP contribution in [0.25, 0.3) is 6.08 Å². The minimum Gasteiger partial charge on any atom is -0.304 e. The maximum absolute atomic E-state index is 12.8. The predicted molar refractivity (Wildman–Crippen MR) is 85.0 cm³/mol. The monoisotopic (exact) mass is 339 g/mol. The van der Waals surface area contributed by atoms with E-state index in [-0.39, 0.29) is 29.6 Å². The summed E-state index contributed by atoms with van der Waals surface area (Å²) < 4.78 is 23.5. The molecule has 0 aliphatic carbocycles. The Labute approximate surface area is 134 Å². The van der Waals surface area contributed by atoms with Crippen molar-refractivity contribution in [2.24, 2.45) is 5.41 Å². The van der Waals surface area contributed by atoms with E-state index in [2.05, 4.69) is 0 Å². The van der Waals surface area contributed by atoms with Gasteiger partial charge in [-0.15, -0.1) is 0 Å². The van der Waals surface area contributed by atoms with E-state index in [9.17, 15) is 19.5 Å². The molecule has 0 bridgehead atoms. The van der Waals surface area contributed by atoms with Crippen LogP contribution in [0.5, 0.6) is 0 Å². The van der Waals surface area contributed by atoms with Gasteiger partial charge in [-0.1, -0.05) is 26.0 Å².